The van der Waals surface area contributed by atoms with Crippen LogP contribution in [0.1, 0.15) is 18.4 Å². The second-order valence-corrected chi connectivity index (χ2v) is 4.94. The summed E-state index contributed by atoms with van der Waals surface area (Å²) in [5, 5.41) is 9.16. The summed E-state index contributed by atoms with van der Waals surface area (Å²) in [6, 6.07) is 9.21. The maximum atomic E-state index is 12.0. The van der Waals surface area contributed by atoms with Crippen molar-refractivity contribution in [3.63, 3.8) is 0 Å². The van der Waals surface area contributed by atoms with Gasteiger partial charge in [-0.3, -0.25) is 4.79 Å². The summed E-state index contributed by atoms with van der Waals surface area (Å²) in [4.78, 5) is 23.2. The molecule has 1 aliphatic carbocycles. The zero-order valence-electron chi connectivity index (χ0n) is 11.0. The molecule has 1 aromatic carbocycles. The van der Waals surface area contributed by atoms with Crippen molar-refractivity contribution >= 4 is 11.8 Å². The van der Waals surface area contributed by atoms with Crippen molar-refractivity contribution < 1.29 is 19.4 Å². The van der Waals surface area contributed by atoms with E-state index < -0.39 is 22.9 Å². The summed E-state index contributed by atoms with van der Waals surface area (Å²) in [5.74, 6) is -1.94. The van der Waals surface area contributed by atoms with Crippen molar-refractivity contribution in [2.45, 2.75) is 30.6 Å². The lowest BCUT2D eigenvalue weighted by atomic mass is 10.1. The molecule has 2 atom stereocenters. The molecule has 0 aromatic heterocycles. The summed E-state index contributed by atoms with van der Waals surface area (Å²) in [7, 11) is 0. The minimum Gasteiger partial charge on any atom is -0.479 e. The van der Waals surface area contributed by atoms with E-state index in [2.05, 4.69) is 0 Å². The standard InChI is InChI=1S/C14H18N2O4/c15-8-4-7-13(11(17)14(13,16)12(18)19)20-9-10-5-2-1-3-6-10/h1-3,5-6H,4,7-9,15-16H2,(H,18,19)/t13?,14-/m0/s1. The quantitative estimate of drug-likeness (QED) is 0.607. The molecule has 108 valence electrons. The molecule has 0 amide bonds. The predicted octanol–water partition coefficient (Wildman–Crippen LogP) is 0.0457. The van der Waals surface area contributed by atoms with Crippen LogP contribution in [-0.2, 0) is 20.9 Å². The van der Waals surface area contributed by atoms with Crippen LogP contribution in [0.4, 0.5) is 0 Å². The first kappa shape index (κ1) is 14.6. The summed E-state index contributed by atoms with van der Waals surface area (Å²) >= 11 is 0. The summed E-state index contributed by atoms with van der Waals surface area (Å²) in [6.07, 6.45) is 0.699. The smallest absolute Gasteiger partial charge is 0.335 e. The largest absolute Gasteiger partial charge is 0.479 e. The second-order valence-electron chi connectivity index (χ2n) is 4.94. The van der Waals surface area contributed by atoms with Gasteiger partial charge in [-0.25, -0.2) is 4.79 Å². The first-order valence-electron chi connectivity index (χ1n) is 6.44. The summed E-state index contributed by atoms with van der Waals surface area (Å²) in [5.41, 5.74) is 8.58. The highest BCUT2D eigenvalue weighted by Gasteiger charge is 2.81. The molecular formula is C14H18N2O4. The number of carbonyl (C=O) groups is 2. The van der Waals surface area contributed by atoms with Crippen LogP contribution in [0.15, 0.2) is 30.3 Å². The maximum absolute atomic E-state index is 12.0. The number of hydrogen-bond acceptors (Lipinski definition) is 5. The Kier molecular flexibility index (Phi) is 3.89. The fraction of sp³-hybridized carbons (Fsp3) is 0.429. The summed E-state index contributed by atoms with van der Waals surface area (Å²) < 4.78 is 5.61. The number of aliphatic carboxylic acids is 1. The van der Waals surface area contributed by atoms with E-state index in [1.165, 1.54) is 0 Å². The topological polar surface area (TPSA) is 116 Å². The van der Waals surface area contributed by atoms with E-state index in [0.717, 1.165) is 5.56 Å². The minimum atomic E-state index is -1.95. The second kappa shape index (κ2) is 5.32. The van der Waals surface area contributed by atoms with Crippen LogP contribution < -0.4 is 11.5 Å². The molecule has 0 saturated heterocycles. The van der Waals surface area contributed by atoms with Gasteiger partial charge >= 0.3 is 5.97 Å². The molecule has 5 N–H and O–H groups in total. The number of Topliss-reactive ketones (excluding diaryl/α,β-unsaturated/α-hetero) is 1. The number of ether oxygens (including phenoxy) is 1. The Morgan fingerprint density at radius 2 is 1.95 bits per heavy atom. The van der Waals surface area contributed by atoms with Crippen LogP contribution in [0, 0.1) is 0 Å². The van der Waals surface area contributed by atoms with Crippen molar-refractivity contribution in [3.8, 4) is 0 Å². The molecule has 0 aliphatic heterocycles. The Bertz CT molecular complexity index is 519. The van der Waals surface area contributed by atoms with Gasteiger partial charge in [0, 0.05) is 0 Å². The molecule has 0 bridgehead atoms. The van der Waals surface area contributed by atoms with Crippen LogP contribution in [0.3, 0.4) is 0 Å². The number of rotatable bonds is 7. The summed E-state index contributed by atoms with van der Waals surface area (Å²) in [6.45, 7) is 0.489. The Balaban J connectivity index is 2.14. The highest BCUT2D eigenvalue weighted by Crippen LogP contribution is 2.48. The van der Waals surface area contributed by atoms with Gasteiger partial charge < -0.3 is 21.3 Å². The third-order valence-corrected chi connectivity index (χ3v) is 3.70. The van der Waals surface area contributed by atoms with Gasteiger partial charge in [0.1, 0.15) is 0 Å². The molecular weight excluding hydrogens is 260 g/mol. The van der Waals surface area contributed by atoms with Gasteiger partial charge in [0.25, 0.3) is 0 Å². The van der Waals surface area contributed by atoms with Gasteiger partial charge in [0.2, 0.25) is 11.3 Å². The zero-order valence-corrected chi connectivity index (χ0v) is 11.0. The number of nitrogens with two attached hydrogens (primary N) is 2. The van der Waals surface area contributed by atoms with Crippen molar-refractivity contribution in [1.29, 1.82) is 0 Å². The fourth-order valence-corrected chi connectivity index (χ4v) is 2.39. The maximum Gasteiger partial charge on any atom is 0.335 e. The highest BCUT2D eigenvalue weighted by molar-refractivity contribution is 6.29. The van der Waals surface area contributed by atoms with Gasteiger partial charge in [0.15, 0.2) is 5.60 Å². The average Bonchev–Trinajstić information content (AvgIpc) is 2.94. The van der Waals surface area contributed by atoms with E-state index in [-0.39, 0.29) is 13.0 Å². The van der Waals surface area contributed by atoms with Crippen molar-refractivity contribution in [1.82, 2.24) is 0 Å². The Labute approximate surface area is 116 Å². The van der Waals surface area contributed by atoms with Gasteiger partial charge in [-0.1, -0.05) is 30.3 Å². The van der Waals surface area contributed by atoms with Crippen molar-refractivity contribution in [2.75, 3.05) is 6.54 Å². The van der Waals surface area contributed by atoms with E-state index >= 15 is 0 Å². The number of benzene rings is 1. The molecule has 6 heteroatoms. The third kappa shape index (κ3) is 2.11. The predicted molar refractivity (Wildman–Crippen MR) is 71.8 cm³/mol. The number of hydrogen-bond donors (Lipinski definition) is 3. The number of carbonyl (C=O) groups excluding carboxylic acids is 1. The van der Waals surface area contributed by atoms with Crippen LogP contribution in [0.25, 0.3) is 0 Å². The molecule has 1 aliphatic rings. The molecule has 0 radical (unpaired) electrons. The number of carboxylic acid groups (broad SMARTS) is 1. The molecule has 1 fully saturated rings. The van der Waals surface area contributed by atoms with Crippen molar-refractivity contribution in [2.24, 2.45) is 11.5 Å². The average molecular weight is 278 g/mol. The highest BCUT2D eigenvalue weighted by atomic mass is 16.5. The van der Waals surface area contributed by atoms with Gasteiger partial charge in [-0.2, -0.15) is 0 Å². The lowest BCUT2D eigenvalue weighted by molar-refractivity contribution is -0.143. The lowest BCUT2D eigenvalue weighted by Gasteiger charge is -2.18. The molecule has 20 heavy (non-hydrogen) atoms. The SMILES string of the molecule is NCCCC1(OCc2ccccc2)C(=O)[C@]1(N)C(=O)O. The Morgan fingerprint density at radius 3 is 2.45 bits per heavy atom. The van der Waals surface area contributed by atoms with Crippen molar-refractivity contribution in [3.05, 3.63) is 35.9 Å². The molecule has 1 unspecified atom stereocenters. The number of ketones is 1. The Hall–Kier alpha value is -1.76. The van der Waals surface area contributed by atoms with E-state index in [1.54, 1.807) is 0 Å². The van der Waals surface area contributed by atoms with E-state index in [9.17, 15) is 9.59 Å². The number of carboxylic acids is 1. The molecule has 1 saturated carbocycles. The molecule has 1 aromatic rings. The minimum absolute atomic E-state index is 0.142. The van der Waals surface area contributed by atoms with Gasteiger partial charge in [-0.15, -0.1) is 0 Å². The Morgan fingerprint density at radius 1 is 1.30 bits per heavy atom. The fourth-order valence-electron chi connectivity index (χ4n) is 2.39. The normalized spacial score (nSPS) is 28.4. The van der Waals surface area contributed by atoms with Gasteiger partial charge in [-0.05, 0) is 24.9 Å². The first-order chi connectivity index (χ1) is 9.49. The van der Waals surface area contributed by atoms with Crippen LogP contribution >= 0.6 is 0 Å². The zero-order chi connectivity index (χ0) is 14.8. The molecule has 0 heterocycles. The van der Waals surface area contributed by atoms with Crippen LogP contribution in [-0.4, -0.2) is 34.5 Å². The lowest BCUT2D eigenvalue weighted by Crippen LogP contribution is -2.44. The van der Waals surface area contributed by atoms with Crippen LogP contribution in [0.2, 0.25) is 0 Å². The molecule has 0 spiro atoms. The third-order valence-electron chi connectivity index (χ3n) is 3.70. The van der Waals surface area contributed by atoms with Crippen LogP contribution in [0.5, 0.6) is 0 Å². The molecule has 2 rings (SSSR count). The monoisotopic (exact) mass is 278 g/mol. The first-order valence-corrected chi connectivity index (χ1v) is 6.44. The van der Waals surface area contributed by atoms with Gasteiger partial charge in [0.05, 0.1) is 6.61 Å². The van der Waals surface area contributed by atoms with E-state index in [0.29, 0.717) is 13.0 Å². The molecule has 6 nitrogen and oxygen atoms in total. The van der Waals surface area contributed by atoms with E-state index in [4.69, 9.17) is 21.3 Å². The van der Waals surface area contributed by atoms with E-state index in [1.807, 2.05) is 30.3 Å².